The molecule has 0 saturated heterocycles. The first-order valence-corrected chi connectivity index (χ1v) is 7.57. The summed E-state index contributed by atoms with van der Waals surface area (Å²) in [5.41, 5.74) is 4.67. The van der Waals surface area contributed by atoms with Gasteiger partial charge >= 0.3 is 0 Å². The molecule has 0 aliphatic carbocycles. The molecule has 0 radical (unpaired) electrons. The van der Waals surface area contributed by atoms with Crippen LogP contribution in [0.25, 0.3) is 33.5 Å². The molecule has 1 aromatic carbocycles. The maximum atomic E-state index is 4.73. The number of aryl methyl sites for hydroxylation is 1. The van der Waals surface area contributed by atoms with E-state index in [9.17, 15) is 0 Å². The van der Waals surface area contributed by atoms with Gasteiger partial charge in [-0.3, -0.25) is 9.67 Å². The van der Waals surface area contributed by atoms with Crippen molar-refractivity contribution in [3.63, 3.8) is 0 Å². The van der Waals surface area contributed by atoms with Gasteiger partial charge in [0.2, 0.25) is 0 Å². The average molecular weight is 301 g/mol. The summed E-state index contributed by atoms with van der Waals surface area (Å²) in [6.07, 6.45) is 3.48. The Balaban J connectivity index is 1.91. The lowest BCUT2D eigenvalue weighted by Gasteiger charge is -2.02. The van der Waals surface area contributed by atoms with Crippen molar-refractivity contribution in [1.82, 2.24) is 25.0 Å². The van der Waals surface area contributed by atoms with Crippen molar-refractivity contribution in [2.75, 3.05) is 0 Å². The molecule has 0 spiro atoms. The standard InChI is InChI=1S/C18H15N5/c1-2-23-17(15-9-5-11-20-21-15)12-16(22-23)14-8-3-6-13-7-4-10-19-18(13)14/h3-12H,2H2,1H3. The third-order valence-electron chi connectivity index (χ3n) is 3.82. The lowest BCUT2D eigenvalue weighted by atomic mass is 10.1. The second-order valence-corrected chi connectivity index (χ2v) is 5.22. The van der Waals surface area contributed by atoms with Gasteiger partial charge in [0.25, 0.3) is 0 Å². The maximum Gasteiger partial charge on any atom is 0.111 e. The van der Waals surface area contributed by atoms with Gasteiger partial charge in [0.1, 0.15) is 5.69 Å². The quantitative estimate of drug-likeness (QED) is 0.580. The van der Waals surface area contributed by atoms with E-state index < -0.39 is 0 Å². The molecule has 0 unspecified atom stereocenters. The number of hydrogen-bond acceptors (Lipinski definition) is 4. The monoisotopic (exact) mass is 301 g/mol. The highest BCUT2D eigenvalue weighted by Crippen LogP contribution is 2.29. The molecule has 0 amide bonds. The molecule has 0 saturated carbocycles. The Labute approximate surface area is 133 Å². The van der Waals surface area contributed by atoms with Gasteiger partial charge in [0, 0.05) is 29.9 Å². The molecule has 0 bridgehead atoms. The Morgan fingerprint density at radius 3 is 2.65 bits per heavy atom. The van der Waals surface area contributed by atoms with E-state index in [1.165, 1.54) is 0 Å². The van der Waals surface area contributed by atoms with Crippen molar-refractivity contribution in [2.45, 2.75) is 13.5 Å². The van der Waals surface area contributed by atoms with Gasteiger partial charge in [0.05, 0.1) is 16.9 Å². The summed E-state index contributed by atoms with van der Waals surface area (Å²) in [4.78, 5) is 4.52. The van der Waals surface area contributed by atoms with E-state index in [0.717, 1.165) is 40.1 Å². The zero-order valence-corrected chi connectivity index (χ0v) is 12.7. The van der Waals surface area contributed by atoms with Gasteiger partial charge in [-0.2, -0.15) is 10.2 Å². The summed E-state index contributed by atoms with van der Waals surface area (Å²) in [5, 5.41) is 14.0. The number of para-hydroxylation sites is 1. The lowest BCUT2D eigenvalue weighted by Crippen LogP contribution is -2.00. The second-order valence-electron chi connectivity index (χ2n) is 5.22. The van der Waals surface area contributed by atoms with Gasteiger partial charge < -0.3 is 0 Å². The number of rotatable bonds is 3. The van der Waals surface area contributed by atoms with Gasteiger partial charge in [-0.05, 0) is 31.2 Å². The molecule has 0 aliphatic rings. The minimum absolute atomic E-state index is 0.768. The number of nitrogens with zero attached hydrogens (tertiary/aromatic N) is 5. The first-order chi connectivity index (χ1) is 11.4. The van der Waals surface area contributed by atoms with Crippen LogP contribution < -0.4 is 0 Å². The fourth-order valence-corrected chi connectivity index (χ4v) is 2.74. The Morgan fingerprint density at radius 1 is 0.957 bits per heavy atom. The molecule has 4 rings (SSSR count). The minimum Gasteiger partial charge on any atom is -0.263 e. The van der Waals surface area contributed by atoms with E-state index >= 15 is 0 Å². The van der Waals surface area contributed by atoms with Crippen molar-refractivity contribution in [3.8, 4) is 22.6 Å². The molecule has 23 heavy (non-hydrogen) atoms. The lowest BCUT2D eigenvalue weighted by molar-refractivity contribution is 0.667. The summed E-state index contributed by atoms with van der Waals surface area (Å²) in [6, 6.07) is 16.0. The van der Waals surface area contributed by atoms with E-state index in [1.54, 1.807) is 6.20 Å². The van der Waals surface area contributed by atoms with Crippen LogP contribution in [0.15, 0.2) is 60.9 Å². The van der Waals surface area contributed by atoms with Crippen molar-refractivity contribution >= 4 is 10.9 Å². The SMILES string of the molecule is CCn1nc(-c2cccc3cccnc23)cc1-c1cccnn1. The molecule has 0 N–H and O–H groups in total. The number of benzene rings is 1. The maximum absolute atomic E-state index is 4.73. The fourth-order valence-electron chi connectivity index (χ4n) is 2.74. The van der Waals surface area contributed by atoms with Crippen LogP contribution in [0, 0.1) is 0 Å². The molecule has 5 heteroatoms. The summed E-state index contributed by atoms with van der Waals surface area (Å²) in [6.45, 7) is 2.84. The van der Waals surface area contributed by atoms with Crippen LogP contribution in [0.3, 0.4) is 0 Å². The molecule has 0 fully saturated rings. The van der Waals surface area contributed by atoms with Crippen LogP contribution in [0.5, 0.6) is 0 Å². The minimum atomic E-state index is 0.768. The van der Waals surface area contributed by atoms with E-state index in [1.807, 2.05) is 35.1 Å². The predicted octanol–water partition coefficient (Wildman–Crippen LogP) is 3.58. The zero-order chi connectivity index (χ0) is 15.6. The van der Waals surface area contributed by atoms with Crippen molar-refractivity contribution in [3.05, 3.63) is 60.9 Å². The Kier molecular flexibility index (Phi) is 3.31. The number of hydrogen-bond donors (Lipinski definition) is 0. The van der Waals surface area contributed by atoms with Gasteiger partial charge in [-0.1, -0.05) is 24.3 Å². The van der Waals surface area contributed by atoms with Gasteiger partial charge in [-0.25, -0.2) is 0 Å². The normalized spacial score (nSPS) is 11.0. The summed E-state index contributed by atoms with van der Waals surface area (Å²) in [7, 11) is 0. The summed E-state index contributed by atoms with van der Waals surface area (Å²) in [5.74, 6) is 0. The van der Waals surface area contributed by atoms with Crippen molar-refractivity contribution in [1.29, 1.82) is 0 Å². The van der Waals surface area contributed by atoms with E-state index in [2.05, 4.69) is 46.4 Å². The fraction of sp³-hybridized carbons (Fsp3) is 0.111. The molecular weight excluding hydrogens is 286 g/mol. The molecule has 3 aromatic heterocycles. The molecular formula is C18H15N5. The first-order valence-electron chi connectivity index (χ1n) is 7.57. The van der Waals surface area contributed by atoms with Crippen LogP contribution >= 0.6 is 0 Å². The van der Waals surface area contributed by atoms with Crippen LogP contribution in [0.2, 0.25) is 0 Å². The third kappa shape index (κ3) is 2.36. The Bertz CT molecular complexity index is 954. The van der Waals surface area contributed by atoms with Crippen LogP contribution in [0.4, 0.5) is 0 Å². The predicted molar refractivity (Wildman–Crippen MR) is 89.7 cm³/mol. The smallest absolute Gasteiger partial charge is 0.111 e. The number of fused-ring (bicyclic) bond motifs is 1. The molecule has 112 valence electrons. The first kappa shape index (κ1) is 13.6. The van der Waals surface area contributed by atoms with Gasteiger partial charge in [-0.15, -0.1) is 5.10 Å². The highest BCUT2D eigenvalue weighted by Gasteiger charge is 2.14. The molecule has 5 nitrogen and oxygen atoms in total. The average Bonchev–Trinajstić information content (AvgIpc) is 3.06. The van der Waals surface area contributed by atoms with Crippen molar-refractivity contribution < 1.29 is 0 Å². The van der Waals surface area contributed by atoms with E-state index in [-0.39, 0.29) is 0 Å². The van der Waals surface area contributed by atoms with E-state index in [0.29, 0.717) is 0 Å². The Hall–Kier alpha value is -3.08. The van der Waals surface area contributed by atoms with Gasteiger partial charge in [0.15, 0.2) is 0 Å². The molecule has 0 aliphatic heterocycles. The molecule has 4 aromatic rings. The van der Waals surface area contributed by atoms with Crippen LogP contribution in [0.1, 0.15) is 6.92 Å². The third-order valence-corrected chi connectivity index (χ3v) is 3.82. The van der Waals surface area contributed by atoms with Crippen LogP contribution in [-0.4, -0.2) is 25.0 Å². The Morgan fingerprint density at radius 2 is 1.83 bits per heavy atom. The molecule has 0 atom stereocenters. The van der Waals surface area contributed by atoms with Crippen LogP contribution in [-0.2, 0) is 6.54 Å². The second kappa shape index (κ2) is 5.61. The highest BCUT2D eigenvalue weighted by atomic mass is 15.3. The zero-order valence-electron chi connectivity index (χ0n) is 12.7. The van der Waals surface area contributed by atoms with Crippen molar-refractivity contribution in [2.24, 2.45) is 0 Å². The van der Waals surface area contributed by atoms with E-state index in [4.69, 9.17) is 5.10 Å². The molecule has 3 heterocycles. The highest BCUT2D eigenvalue weighted by molar-refractivity contribution is 5.92. The summed E-state index contributed by atoms with van der Waals surface area (Å²) < 4.78 is 1.95. The number of aromatic nitrogens is 5. The number of pyridine rings is 1. The largest absolute Gasteiger partial charge is 0.263 e. The summed E-state index contributed by atoms with van der Waals surface area (Å²) >= 11 is 0. The topological polar surface area (TPSA) is 56.5 Å².